The average Bonchev–Trinajstić information content (AvgIpc) is 2.66. The Labute approximate surface area is 158 Å². The second kappa shape index (κ2) is 7.67. The van der Waals surface area contributed by atoms with Gasteiger partial charge in [0.05, 0.1) is 0 Å². The first-order valence-corrected chi connectivity index (χ1v) is 8.18. The average molecular weight is 380 g/mol. The number of hydrogen-bond acceptors (Lipinski definition) is 5. The molecule has 0 radical (unpaired) electrons. The maximum absolute atomic E-state index is 12.2. The highest BCUT2D eigenvalue weighted by Crippen LogP contribution is 2.32. The predicted octanol–water partition coefficient (Wildman–Crippen LogP) is 2.60. The second-order valence-corrected chi connectivity index (χ2v) is 5.86. The molecule has 3 rings (SSSR count). The van der Waals surface area contributed by atoms with Gasteiger partial charge in [0.25, 0.3) is 5.56 Å². The molecule has 0 spiro atoms. The molecule has 0 atom stereocenters. The van der Waals surface area contributed by atoms with Gasteiger partial charge in [0.1, 0.15) is 29.3 Å². The number of H-pyrrole nitrogens is 1. The number of hydrogen-bond donors (Lipinski definition) is 4. The molecule has 0 saturated heterocycles. The number of anilines is 1. The van der Waals surface area contributed by atoms with Crippen LogP contribution in [0.15, 0.2) is 59.4 Å². The summed E-state index contributed by atoms with van der Waals surface area (Å²) in [5, 5.41) is 19.1. The van der Waals surface area contributed by atoms with Crippen LogP contribution in [0.3, 0.4) is 0 Å². The molecule has 8 heteroatoms. The monoisotopic (exact) mass is 380 g/mol. The number of carboxylic acids is 2. The number of aromatic carboxylic acids is 2. The first kappa shape index (κ1) is 18.7. The van der Waals surface area contributed by atoms with Crippen LogP contribution in [0.1, 0.15) is 26.3 Å². The maximum atomic E-state index is 12.2. The number of aromatic nitrogens is 1. The molecule has 8 nitrogen and oxygen atoms in total. The molecule has 0 aliphatic carbocycles. The summed E-state index contributed by atoms with van der Waals surface area (Å²) in [5.41, 5.74) is 4.01. The topological polar surface area (TPSA) is 143 Å². The Balaban J connectivity index is 2.20. The lowest BCUT2D eigenvalue weighted by Gasteiger charge is -2.16. The Morgan fingerprint density at radius 2 is 1.54 bits per heavy atom. The van der Waals surface area contributed by atoms with Gasteiger partial charge >= 0.3 is 11.9 Å². The molecule has 0 saturated carbocycles. The van der Waals surface area contributed by atoms with Crippen LogP contribution in [0.5, 0.6) is 5.75 Å². The standard InChI is InChI=1S/C20H16N2O6/c21-17-15(19(24)25)14(16(20(26)27)18(23)22-17)13-9-5-4-6-11(13)10-28-12-7-2-1-3-8-12/h1-9H,10H2,(H,24,25)(H,26,27)(H3,21,22,23). The fraction of sp³-hybridized carbons (Fsp3) is 0.0500. The molecule has 0 aliphatic rings. The lowest BCUT2D eigenvalue weighted by Crippen LogP contribution is -2.24. The first-order chi connectivity index (χ1) is 13.4. The molecule has 28 heavy (non-hydrogen) atoms. The van der Waals surface area contributed by atoms with Crippen molar-refractivity contribution in [2.45, 2.75) is 6.61 Å². The number of nitrogens with two attached hydrogens (primary N) is 1. The number of nitrogens with one attached hydrogen (secondary N) is 1. The van der Waals surface area contributed by atoms with Gasteiger partial charge in [-0.3, -0.25) is 4.79 Å². The quantitative estimate of drug-likeness (QED) is 0.515. The number of benzene rings is 2. The molecule has 3 aromatic rings. The van der Waals surface area contributed by atoms with E-state index in [1.807, 2.05) is 6.07 Å². The normalized spacial score (nSPS) is 10.4. The molecule has 1 aromatic heterocycles. The van der Waals surface area contributed by atoms with Crippen LogP contribution in [-0.2, 0) is 6.61 Å². The number of pyridine rings is 1. The Kier molecular flexibility index (Phi) is 5.12. The van der Waals surface area contributed by atoms with Crippen LogP contribution in [-0.4, -0.2) is 27.1 Å². The van der Waals surface area contributed by atoms with E-state index < -0.39 is 34.4 Å². The lowest BCUT2D eigenvalue weighted by atomic mass is 9.92. The van der Waals surface area contributed by atoms with Crippen molar-refractivity contribution in [3.8, 4) is 16.9 Å². The molecule has 5 N–H and O–H groups in total. The summed E-state index contributed by atoms with van der Waals surface area (Å²) in [6.45, 7) is 0.0327. The van der Waals surface area contributed by atoms with E-state index in [9.17, 15) is 24.6 Å². The molecular formula is C20H16N2O6. The molecular weight excluding hydrogens is 364 g/mol. The van der Waals surface area contributed by atoms with Crippen molar-refractivity contribution in [2.24, 2.45) is 0 Å². The number of para-hydroxylation sites is 1. The SMILES string of the molecule is Nc1[nH]c(=O)c(C(=O)O)c(-c2ccccc2COc2ccccc2)c1C(=O)O. The van der Waals surface area contributed by atoms with E-state index >= 15 is 0 Å². The number of carbonyl (C=O) groups is 2. The van der Waals surface area contributed by atoms with Crippen molar-refractivity contribution in [1.82, 2.24) is 4.98 Å². The summed E-state index contributed by atoms with van der Waals surface area (Å²) in [4.78, 5) is 37.8. The summed E-state index contributed by atoms with van der Waals surface area (Å²) < 4.78 is 5.70. The fourth-order valence-corrected chi connectivity index (χ4v) is 2.88. The van der Waals surface area contributed by atoms with Crippen molar-refractivity contribution >= 4 is 17.8 Å². The minimum absolute atomic E-state index is 0.0327. The summed E-state index contributed by atoms with van der Waals surface area (Å²) in [5.74, 6) is -2.85. The predicted molar refractivity (Wildman–Crippen MR) is 102 cm³/mol. The molecule has 0 fully saturated rings. The lowest BCUT2D eigenvalue weighted by molar-refractivity contribution is 0.0695. The molecule has 2 aromatic carbocycles. The van der Waals surface area contributed by atoms with Crippen LogP contribution in [0.2, 0.25) is 0 Å². The molecule has 0 bridgehead atoms. The zero-order valence-electron chi connectivity index (χ0n) is 14.5. The minimum atomic E-state index is -1.56. The van der Waals surface area contributed by atoms with E-state index in [1.54, 1.807) is 42.5 Å². The summed E-state index contributed by atoms with van der Waals surface area (Å²) in [7, 11) is 0. The fourth-order valence-electron chi connectivity index (χ4n) is 2.88. The van der Waals surface area contributed by atoms with Crippen LogP contribution < -0.4 is 16.0 Å². The van der Waals surface area contributed by atoms with Gasteiger partial charge in [0.15, 0.2) is 0 Å². The van der Waals surface area contributed by atoms with Crippen molar-refractivity contribution in [2.75, 3.05) is 5.73 Å². The Bertz CT molecular complexity index is 1110. The summed E-state index contributed by atoms with van der Waals surface area (Å²) >= 11 is 0. The molecule has 0 amide bonds. The van der Waals surface area contributed by atoms with Crippen molar-refractivity contribution < 1.29 is 24.5 Å². The molecule has 1 heterocycles. The smallest absolute Gasteiger partial charge is 0.342 e. The van der Waals surface area contributed by atoms with E-state index in [0.29, 0.717) is 11.3 Å². The van der Waals surface area contributed by atoms with Gasteiger partial charge in [0.2, 0.25) is 0 Å². The molecule has 0 unspecified atom stereocenters. The van der Waals surface area contributed by atoms with Gasteiger partial charge < -0.3 is 25.7 Å². The number of aromatic amines is 1. The highest BCUT2D eigenvalue weighted by molar-refractivity contribution is 6.07. The van der Waals surface area contributed by atoms with Crippen molar-refractivity contribution in [1.29, 1.82) is 0 Å². The van der Waals surface area contributed by atoms with Crippen LogP contribution in [0.25, 0.3) is 11.1 Å². The third-order valence-electron chi connectivity index (χ3n) is 4.10. The summed E-state index contributed by atoms with van der Waals surface area (Å²) in [6.07, 6.45) is 0. The molecule has 0 aliphatic heterocycles. The number of ether oxygens (including phenoxy) is 1. The van der Waals surface area contributed by atoms with Gasteiger partial charge in [-0.2, -0.15) is 0 Å². The Morgan fingerprint density at radius 1 is 0.929 bits per heavy atom. The van der Waals surface area contributed by atoms with Crippen LogP contribution >= 0.6 is 0 Å². The van der Waals surface area contributed by atoms with E-state index in [4.69, 9.17) is 10.5 Å². The van der Waals surface area contributed by atoms with E-state index in [0.717, 1.165) is 0 Å². The number of carboxylic acid groups (broad SMARTS) is 2. The van der Waals surface area contributed by atoms with Crippen LogP contribution in [0, 0.1) is 0 Å². The van der Waals surface area contributed by atoms with Gasteiger partial charge in [-0.25, -0.2) is 9.59 Å². The highest BCUT2D eigenvalue weighted by Gasteiger charge is 2.27. The van der Waals surface area contributed by atoms with Crippen molar-refractivity contribution in [3.05, 3.63) is 81.6 Å². The van der Waals surface area contributed by atoms with E-state index in [-0.39, 0.29) is 17.7 Å². The van der Waals surface area contributed by atoms with E-state index in [1.165, 1.54) is 6.07 Å². The zero-order valence-corrected chi connectivity index (χ0v) is 14.5. The Morgan fingerprint density at radius 3 is 2.18 bits per heavy atom. The van der Waals surface area contributed by atoms with Crippen LogP contribution in [0.4, 0.5) is 5.82 Å². The first-order valence-electron chi connectivity index (χ1n) is 8.18. The van der Waals surface area contributed by atoms with Crippen molar-refractivity contribution in [3.63, 3.8) is 0 Å². The highest BCUT2D eigenvalue weighted by atomic mass is 16.5. The second-order valence-electron chi connectivity index (χ2n) is 5.86. The Hall–Kier alpha value is -4.07. The van der Waals surface area contributed by atoms with E-state index in [2.05, 4.69) is 4.98 Å². The van der Waals surface area contributed by atoms with Gasteiger partial charge in [-0.15, -0.1) is 0 Å². The zero-order chi connectivity index (χ0) is 20.3. The maximum Gasteiger partial charge on any atom is 0.342 e. The van der Waals surface area contributed by atoms with Gasteiger partial charge in [-0.1, -0.05) is 42.5 Å². The van der Waals surface area contributed by atoms with Gasteiger partial charge in [-0.05, 0) is 23.3 Å². The molecule has 142 valence electrons. The van der Waals surface area contributed by atoms with Gasteiger partial charge in [0, 0.05) is 5.56 Å². The number of rotatable bonds is 6. The third-order valence-corrected chi connectivity index (χ3v) is 4.10. The summed E-state index contributed by atoms with van der Waals surface area (Å²) in [6, 6.07) is 15.4. The number of nitrogen functional groups attached to an aromatic ring is 1. The third kappa shape index (κ3) is 3.56. The minimum Gasteiger partial charge on any atom is -0.489 e. The largest absolute Gasteiger partial charge is 0.489 e.